The molecule has 1 aliphatic rings. The van der Waals surface area contributed by atoms with Crippen molar-refractivity contribution in [3.63, 3.8) is 0 Å². The number of amides is 1. The molecule has 0 radical (unpaired) electrons. The Kier molecular flexibility index (Phi) is 11.7. The first-order valence-corrected chi connectivity index (χ1v) is 14.8. The quantitative estimate of drug-likeness (QED) is 0.263. The van der Waals surface area contributed by atoms with Crippen LogP contribution in [0.4, 0.5) is 0 Å². The van der Waals surface area contributed by atoms with Gasteiger partial charge in [0.15, 0.2) is 0 Å². The van der Waals surface area contributed by atoms with Crippen molar-refractivity contribution < 1.29 is 17.9 Å². The van der Waals surface area contributed by atoms with Crippen LogP contribution < -0.4 is 14.8 Å². The maximum absolute atomic E-state index is 12.6. The fraction of sp³-hybridized carbons (Fsp3) is 0.444. The van der Waals surface area contributed by atoms with E-state index in [1.165, 1.54) is 6.08 Å². The third-order valence-corrected chi connectivity index (χ3v) is 8.53. The summed E-state index contributed by atoms with van der Waals surface area (Å²) in [7, 11) is -1.98. The van der Waals surface area contributed by atoms with Gasteiger partial charge in [-0.2, -0.15) is 0 Å². The van der Waals surface area contributed by atoms with Crippen LogP contribution in [0, 0.1) is 5.92 Å². The number of carbonyl (C=O) groups is 1. The molecule has 0 aliphatic carbocycles. The van der Waals surface area contributed by atoms with E-state index in [1.807, 2.05) is 0 Å². The van der Waals surface area contributed by atoms with E-state index in [-0.39, 0.29) is 10.8 Å². The lowest BCUT2D eigenvalue weighted by atomic mass is 9.98. The molecule has 0 aromatic heterocycles. The highest BCUT2D eigenvalue weighted by atomic mass is 35.5. The van der Waals surface area contributed by atoms with E-state index >= 15 is 0 Å². The lowest BCUT2D eigenvalue weighted by Gasteiger charge is -2.32. The molecule has 2 aromatic carbocycles. The first kappa shape index (κ1) is 29.5. The van der Waals surface area contributed by atoms with Crippen LogP contribution in [0.2, 0.25) is 10.0 Å². The van der Waals surface area contributed by atoms with Gasteiger partial charge in [-0.3, -0.25) is 4.79 Å². The number of halogens is 2. The van der Waals surface area contributed by atoms with Crippen LogP contribution in [-0.4, -0.2) is 59.1 Å². The molecule has 1 atom stereocenters. The summed E-state index contributed by atoms with van der Waals surface area (Å²) in [6.45, 7) is 3.97. The Bertz CT molecular complexity index is 1160. The summed E-state index contributed by atoms with van der Waals surface area (Å²) < 4.78 is 33.1. The number of unbranched alkanes of at least 4 members (excludes halogenated alkanes) is 2. The maximum Gasteiger partial charge on any atom is 0.243 e. The molecule has 10 heteroatoms. The molecule has 0 saturated carbocycles. The molecule has 1 fully saturated rings. The number of hydrogen-bond acceptors (Lipinski definition) is 5. The molecule has 0 spiro atoms. The topological polar surface area (TPSA) is 87.7 Å². The number of hydrogen-bond donors (Lipinski definition) is 2. The van der Waals surface area contributed by atoms with E-state index in [0.717, 1.165) is 57.3 Å². The average molecular weight is 569 g/mol. The molecule has 1 saturated heterocycles. The van der Waals surface area contributed by atoms with E-state index in [0.29, 0.717) is 34.8 Å². The van der Waals surface area contributed by atoms with Crippen molar-refractivity contribution in [3.05, 3.63) is 64.1 Å². The van der Waals surface area contributed by atoms with Crippen LogP contribution in [0.3, 0.4) is 0 Å². The van der Waals surface area contributed by atoms with Crippen molar-refractivity contribution in [3.8, 4) is 5.75 Å². The highest BCUT2D eigenvalue weighted by Gasteiger charge is 2.22. The Hall–Kier alpha value is -2.10. The summed E-state index contributed by atoms with van der Waals surface area (Å²) in [5.74, 6) is 0.784. The fourth-order valence-corrected chi connectivity index (χ4v) is 5.71. The number of nitrogens with zero attached hydrogens (tertiary/aromatic N) is 1. The molecule has 37 heavy (non-hydrogen) atoms. The normalized spacial score (nSPS) is 16.7. The number of methoxy groups -OCH3 is 1. The Morgan fingerprint density at radius 1 is 1.11 bits per heavy atom. The number of benzene rings is 2. The minimum Gasteiger partial charge on any atom is -0.497 e. The molecule has 1 aliphatic heterocycles. The van der Waals surface area contributed by atoms with Crippen molar-refractivity contribution in [2.75, 3.05) is 39.8 Å². The van der Waals surface area contributed by atoms with Gasteiger partial charge in [-0.05, 0) is 92.7 Å². The number of nitrogens with one attached hydrogen (secondary N) is 2. The molecule has 7 nitrogen and oxygen atoms in total. The van der Waals surface area contributed by atoms with E-state index < -0.39 is 10.0 Å². The smallest absolute Gasteiger partial charge is 0.243 e. The standard InChI is InChI=1S/C27H35Cl2N3O4S/c1-36-23-9-11-24(12-10-23)37(34,35)31-19-22-6-5-17-32(20-22)16-4-2-3-15-30-27(33)14-8-21-7-13-25(28)26(29)18-21/h7-14,18,22,31H,2-6,15-17,19-20H2,1H3,(H,30,33)/b14-8+. The molecule has 2 N–H and O–H groups in total. The van der Waals surface area contributed by atoms with Crippen LogP contribution in [0.5, 0.6) is 5.75 Å². The van der Waals surface area contributed by atoms with Gasteiger partial charge in [0.1, 0.15) is 5.75 Å². The molecular formula is C27H35Cl2N3O4S. The Labute approximate surface area is 230 Å². The summed E-state index contributed by atoms with van der Waals surface area (Å²) in [5.41, 5.74) is 0.818. The zero-order valence-corrected chi connectivity index (χ0v) is 23.4. The van der Waals surface area contributed by atoms with Gasteiger partial charge in [0.2, 0.25) is 15.9 Å². The van der Waals surface area contributed by atoms with Gasteiger partial charge in [-0.1, -0.05) is 35.7 Å². The zero-order valence-electron chi connectivity index (χ0n) is 21.1. The second-order valence-corrected chi connectivity index (χ2v) is 11.8. The van der Waals surface area contributed by atoms with Crippen LogP contribution in [0.25, 0.3) is 6.08 Å². The number of carbonyl (C=O) groups excluding carboxylic acids is 1. The third kappa shape index (κ3) is 9.94. The van der Waals surface area contributed by atoms with E-state index in [9.17, 15) is 13.2 Å². The minimum atomic E-state index is -3.53. The van der Waals surface area contributed by atoms with Gasteiger partial charge in [-0.15, -0.1) is 0 Å². The molecule has 0 bridgehead atoms. The van der Waals surface area contributed by atoms with Crippen LogP contribution in [0.1, 0.15) is 37.7 Å². The largest absolute Gasteiger partial charge is 0.497 e. The van der Waals surface area contributed by atoms with Gasteiger partial charge in [0, 0.05) is 25.7 Å². The molecule has 3 rings (SSSR count). The highest BCUT2D eigenvalue weighted by Crippen LogP contribution is 2.23. The fourth-order valence-electron chi connectivity index (χ4n) is 4.28. The molecule has 1 heterocycles. The third-order valence-electron chi connectivity index (χ3n) is 6.36. The van der Waals surface area contributed by atoms with Gasteiger partial charge in [0.25, 0.3) is 0 Å². The second-order valence-electron chi connectivity index (χ2n) is 9.19. The zero-order chi connectivity index (χ0) is 26.7. The number of piperidine rings is 1. The summed E-state index contributed by atoms with van der Waals surface area (Å²) in [4.78, 5) is 14.7. The van der Waals surface area contributed by atoms with Crippen molar-refractivity contribution in [2.24, 2.45) is 5.92 Å². The number of rotatable bonds is 13. The lowest BCUT2D eigenvalue weighted by molar-refractivity contribution is -0.116. The van der Waals surface area contributed by atoms with Crippen molar-refractivity contribution in [1.29, 1.82) is 0 Å². The summed E-state index contributed by atoms with van der Waals surface area (Å²) in [6, 6.07) is 11.6. The summed E-state index contributed by atoms with van der Waals surface area (Å²) in [6.07, 6.45) is 8.25. The average Bonchev–Trinajstić information content (AvgIpc) is 2.90. The molecule has 1 unspecified atom stereocenters. The Morgan fingerprint density at radius 3 is 2.62 bits per heavy atom. The number of sulfonamides is 1. The van der Waals surface area contributed by atoms with Crippen molar-refractivity contribution >= 4 is 45.2 Å². The lowest BCUT2D eigenvalue weighted by Crippen LogP contribution is -2.41. The van der Waals surface area contributed by atoms with Gasteiger partial charge in [0.05, 0.1) is 22.1 Å². The second kappa shape index (κ2) is 14.7. The van der Waals surface area contributed by atoms with Crippen LogP contribution in [0.15, 0.2) is 53.4 Å². The first-order chi connectivity index (χ1) is 17.8. The monoisotopic (exact) mass is 567 g/mol. The first-order valence-electron chi connectivity index (χ1n) is 12.5. The molecular weight excluding hydrogens is 533 g/mol. The molecule has 1 amide bonds. The van der Waals surface area contributed by atoms with Gasteiger partial charge < -0.3 is 15.0 Å². The van der Waals surface area contributed by atoms with E-state index in [4.69, 9.17) is 27.9 Å². The van der Waals surface area contributed by atoms with E-state index in [1.54, 1.807) is 55.7 Å². The number of ether oxygens (including phenoxy) is 1. The molecule has 202 valence electrons. The maximum atomic E-state index is 12.6. The SMILES string of the molecule is COc1ccc(S(=O)(=O)NCC2CCCN(CCCCCNC(=O)/C=C/c3ccc(Cl)c(Cl)c3)C2)cc1. The van der Waals surface area contributed by atoms with Crippen molar-refractivity contribution in [1.82, 2.24) is 14.9 Å². The van der Waals surface area contributed by atoms with Gasteiger partial charge >= 0.3 is 0 Å². The summed E-state index contributed by atoms with van der Waals surface area (Å²) in [5, 5.41) is 3.85. The summed E-state index contributed by atoms with van der Waals surface area (Å²) >= 11 is 11.9. The predicted molar refractivity (Wildman–Crippen MR) is 150 cm³/mol. The van der Waals surface area contributed by atoms with E-state index in [2.05, 4.69) is 14.9 Å². The van der Waals surface area contributed by atoms with Crippen LogP contribution >= 0.6 is 23.2 Å². The molecule has 2 aromatic rings. The highest BCUT2D eigenvalue weighted by molar-refractivity contribution is 7.89. The van der Waals surface area contributed by atoms with Crippen molar-refractivity contribution in [2.45, 2.75) is 37.0 Å². The minimum absolute atomic E-state index is 0.137. The van der Waals surface area contributed by atoms with Gasteiger partial charge in [-0.25, -0.2) is 13.1 Å². The number of likely N-dealkylation sites (tertiary alicyclic amines) is 1. The Balaban J connectivity index is 1.29. The Morgan fingerprint density at radius 2 is 1.89 bits per heavy atom. The predicted octanol–water partition coefficient (Wildman–Crippen LogP) is 4.99. The van der Waals surface area contributed by atoms with Crippen LogP contribution in [-0.2, 0) is 14.8 Å².